The van der Waals surface area contributed by atoms with Crippen molar-refractivity contribution in [2.24, 2.45) is 0 Å². The normalized spacial score (nSPS) is 14.7. The van der Waals surface area contributed by atoms with Gasteiger partial charge in [-0.15, -0.1) is 0 Å². The number of halogens is 1. The van der Waals surface area contributed by atoms with Gasteiger partial charge in [-0.1, -0.05) is 48.0 Å². The number of nitrogens with zero attached hydrogens (tertiary/aromatic N) is 1. The predicted molar refractivity (Wildman–Crippen MR) is 126 cm³/mol. The van der Waals surface area contributed by atoms with Crippen LogP contribution in [-0.4, -0.2) is 37.3 Å². The van der Waals surface area contributed by atoms with Crippen LogP contribution in [0, 0.1) is 0 Å². The fourth-order valence-corrected chi connectivity index (χ4v) is 4.40. The van der Waals surface area contributed by atoms with Gasteiger partial charge in [0, 0.05) is 35.1 Å². The molecule has 3 aromatic carbocycles. The van der Waals surface area contributed by atoms with Crippen molar-refractivity contribution in [1.29, 1.82) is 0 Å². The summed E-state index contributed by atoms with van der Waals surface area (Å²) in [5.74, 6) is -0.168. The molecular formula is C25H26ClN3O2. The lowest BCUT2D eigenvalue weighted by molar-refractivity contribution is 0.102. The molecule has 0 saturated heterocycles. The lowest BCUT2D eigenvalue weighted by Crippen LogP contribution is -2.40. The first-order chi connectivity index (χ1) is 15.1. The number of rotatable bonds is 7. The number of anilines is 2. The zero-order valence-electron chi connectivity index (χ0n) is 17.4. The Morgan fingerprint density at radius 3 is 2.65 bits per heavy atom. The van der Waals surface area contributed by atoms with E-state index in [1.807, 2.05) is 61.6 Å². The van der Waals surface area contributed by atoms with Gasteiger partial charge in [-0.25, -0.2) is 0 Å². The molecule has 0 bridgehead atoms. The van der Waals surface area contributed by atoms with E-state index in [1.54, 1.807) is 18.2 Å². The molecule has 2 atom stereocenters. The molecular weight excluding hydrogens is 410 g/mol. The van der Waals surface area contributed by atoms with E-state index in [2.05, 4.69) is 15.5 Å². The number of nitrogens with one attached hydrogen (secondary N) is 2. The molecule has 0 spiro atoms. The first-order valence-electron chi connectivity index (χ1n) is 10.4. The summed E-state index contributed by atoms with van der Waals surface area (Å²) in [4.78, 5) is 15.0. The second kappa shape index (κ2) is 9.52. The van der Waals surface area contributed by atoms with E-state index in [4.69, 9.17) is 11.6 Å². The Labute approximate surface area is 187 Å². The molecule has 0 aromatic heterocycles. The number of aliphatic hydroxyl groups is 1. The van der Waals surface area contributed by atoms with Gasteiger partial charge in [-0.3, -0.25) is 4.79 Å². The molecule has 3 N–H and O–H groups in total. The van der Waals surface area contributed by atoms with Crippen molar-refractivity contribution >= 4 is 28.9 Å². The Hall–Kier alpha value is -2.86. The summed E-state index contributed by atoms with van der Waals surface area (Å²) in [7, 11) is 1.84. The zero-order chi connectivity index (χ0) is 21.8. The quantitative estimate of drug-likeness (QED) is 0.518. The van der Waals surface area contributed by atoms with E-state index in [9.17, 15) is 9.90 Å². The highest BCUT2D eigenvalue weighted by Gasteiger charge is 2.32. The van der Waals surface area contributed by atoms with Crippen molar-refractivity contribution in [2.45, 2.75) is 18.6 Å². The molecule has 4 rings (SSSR count). The van der Waals surface area contributed by atoms with Gasteiger partial charge in [0.05, 0.1) is 12.1 Å². The average Bonchev–Trinajstić information content (AvgIpc) is 3.18. The third-order valence-corrected chi connectivity index (χ3v) is 5.85. The van der Waals surface area contributed by atoms with E-state index >= 15 is 0 Å². The van der Waals surface area contributed by atoms with E-state index in [0.717, 1.165) is 29.8 Å². The molecule has 3 aromatic rings. The Bertz CT molecular complexity index is 1060. The third kappa shape index (κ3) is 4.74. The number of hydrogen-bond donors (Lipinski definition) is 3. The van der Waals surface area contributed by atoms with Crippen LogP contribution in [0.1, 0.15) is 27.5 Å². The molecule has 1 heterocycles. The summed E-state index contributed by atoms with van der Waals surface area (Å²) in [5, 5.41) is 17.5. The minimum Gasteiger partial charge on any atom is -0.389 e. The van der Waals surface area contributed by atoms with E-state index in [-0.39, 0.29) is 11.9 Å². The number of carbonyl (C=O) groups is 1. The number of fused-ring (bicyclic) bond motifs is 1. The van der Waals surface area contributed by atoms with Gasteiger partial charge in [0.15, 0.2) is 0 Å². The number of aliphatic hydroxyl groups excluding tert-OH is 1. The maximum absolute atomic E-state index is 12.7. The monoisotopic (exact) mass is 435 g/mol. The number of hydrogen-bond acceptors (Lipinski definition) is 4. The minimum absolute atomic E-state index is 0.166. The maximum atomic E-state index is 12.7. The van der Waals surface area contributed by atoms with Crippen LogP contribution in [-0.2, 0) is 6.42 Å². The van der Waals surface area contributed by atoms with Gasteiger partial charge in [0.25, 0.3) is 5.91 Å². The molecule has 0 fully saturated rings. The zero-order valence-corrected chi connectivity index (χ0v) is 18.1. The van der Waals surface area contributed by atoms with Crippen molar-refractivity contribution in [2.75, 3.05) is 30.4 Å². The van der Waals surface area contributed by atoms with Crippen molar-refractivity contribution in [3.05, 3.63) is 94.5 Å². The van der Waals surface area contributed by atoms with Crippen LogP contribution in [0.3, 0.4) is 0 Å². The summed E-state index contributed by atoms with van der Waals surface area (Å²) in [6.45, 7) is 1.28. The average molecular weight is 436 g/mol. The summed E-state index contributed by atoms with van der Waals surface area (Å²) >= 11 is 6.01. The lowest BCUT2D eigenvalue weighted by Gasteiger charge is -2.34. The highest BCUT2D eigenvalue weighted by atomic mass is 35.5. The molecule has 0 aliphatic carbocycles. The number of carbonyl (C=O) groups excluding carboxylic acids is 1. The van der Waals surface area contributed by atoms with Crippen LogP contribution in [0.15, 0.2) is 72.8 Å². The molecule has 5 nitrogen and oxygen atoms in total. The third-order valence-electron chi connectivity index (χ3n) is 5.61. The van der Waals surface area contributed by atoms with Crippen molar-refractivity contribution in [3.8, 4) is 0 Å². The van der Waals surface area contributed by atoms with Gasteiger partial charge >= 0.3 is 0 Å². The Kier molecular flexibility index (Phi) is 6.56. The second-order valence-corrected chi connectivity index (χ2v) is 8.17. The van der Waals surface area contributed by atoms with Crippen LogP contribution in [0.25, 0.3) is 0 Å². The van der Waals surface area contributed by atoms with Crippen molar-refractivity contribution in [1.82, 2.24) is 5.32 Å². The molecule has 1 aliphatic rings. The molecule has 0 radical (unpaired) electrons. The first-order valence-corrected chi connectivity index (χ1v) is 10.8. The summed E-state index contributed by atoms with van der Waals surface area (Å²) < 4.78 is 0. The predicted octanol–water partition coefficient (Wildman–Crippen LogP) is 4.28. The van der Waals surface area contributed by atoms with Gasteiger partial charge in [-0.05, 0) is 61.0 Å². The van der Waals surface area contributed by atoms with E-state index in [1.165, 1.54) is 0 Å². The smallest absolute Gasteiger partial charge is 0.255 e. The molecule has 160 valence electrons. The largest absolute Gasteiger partial charge is 0.389 e. The molecule has 0 saturated carbocycles. The second-order valence-electron chi connectivity index (χ2n) is 7.73. The maximum Gasteiger partial charge on any atom is 0.255 e. The number of likely N-dealkylation sites (N-methyl/N-ethyl adjacent to an activating group) is 1. The molecule has 1 amide bonds. The molecule has 6 heteroatoms. The number of benzene rings is 3. The molecule has 0 unspecified atom stereocenters. The van der Waals surface area contributed by atoms with Gasteiger partial charge < -0.3 is 20.6 Å². The highest BCUT2D eigenvalue weighted by Crippen LogP contribution is 2.37. The highest BCUT2D eigenvalue weighted by molar-refractivity contribution is 6.31. The first kappa shape index (κ1) is 21.4. The Balaban J connectivity index is 1.59. The Morgan fingerprint density at radius 1 is 1.10 bits per heavy atom. The summed E-state index contributed by atoms with van der Waals surface area (Å²) in [6.07, 6.45) is 0.257. The summed E-state index contributed by atoms with van der Waals surface area (Å²) in [5.41, 5.74) is 4.51. The number of amides is 1. The van der Waals surface area contributed by atoms with Crippen molar-refractivity contribution < 1.29 is 9.90 Å². The lowest BCUT2D eigenvalue weighted by atomic mass is 9.99. The van der Waals surface area contributed by atoms with Crippen LogP contribution in [0.4, 0.5) is 11.4 Å². The van der Waals surface area contributed by atoms with Crippen molar-refractivity contribution in [3.63, 3.8) is 0 Å². The van der Waals surface area contributed by atoms with Crippen LogP contribution >= 0.6 is 11.6 Å². The minimum atomic E-state index is -0.566. The van der Waals surface area contributed by atoms with E-state index in [0.29, 0.717) is 22.8 Å². The summed E-state index contributed by atoms with van der Waals surface area (Å²) in [6, 6.07) is 22.8. The standard InChI is InChI=1S/C25H26ClN3O2/c1-27-16-23(30)24(17-6-3-2-4-7-17)29-13-12-18-14-19(10-11-22(18)29)25(31)28-21-9-5-8-20(26)15-21/h2-11,14-15,23-24,27,30H,12-13,16H2,1H3,(H,28,31)/t23-,24+/m1/s1. The van der Waals surface area contributed by atoms with Crippen LogP contribution in [0.2, 0.25) is 5.02 Å². The van der Waals surface area contributed by atoms with E-state index < -0.39 is 6.10 Å². The van der Waals surface area contributed by atoms with Gasteiger partial charge in [0.2, 0.25) is 0 Å². The topological polar surface area (TPSA) is 64.6 Å². The van der Waals surface area contributed by atoms with Gasteiger partial charge in [0.1, 0.15) is 0 Å². The fourth-order valence-electron chi connectivity index (χ4n) is 4.21. The fraction of sp³-hybridized carbons (Fsp3) is 0.240. The van der Waals surface area contributed by atoms with Gasteiger partial charge in [-0.2, -0.15) is 0 Å². The SMILES string of the molecule is CNC[C@@H](O)[C@H](c1ccccc1)N1CCc2cc(C(=O)Nc3cccc(Cl)c3)ccc21. The Morgan fingerprint density at radius 2 is 1.90 bits per heavy atom. The van der Waals surface area contributed by atoms with Crippen LogP contribution < -0.4 is 15.5 Å². The van der Waals surface area contributed by atoms with Crippen LogP contribution in [0.5, 0.6) is 0 Å². The molecule has 1 aliphatic heterocycles. The molecule has 31 heavy (non-hydrogen) atoms.